The molecule has 2 aliphatic rings. The van der Waals surface area contributed by atoms with Crippen LogP contribution in [0.2, 0.25) is 0 Å². The number of fused-ring (bicyclic) bond motifs is 4. The summed E-state index contributed by atoms with van der Waals surface area (Å²) >= 11 is 0. The third-order valence-corrected chi connectivity index (χ3v) is 18.3. The van der Waals surface area contributed by atoms with E-state index in [0.717, 1.165) is 67.8 Å². The summed E-state index contributed by atoms with van der Waals surface area (Å²) in [7, 11) is -2.91. The zero-order valence-corrected chi connectivity index (χ0v) is 36.9. The highest BCUT2D eigenvalue weighted by atomic mass is 28.3. The van der Waals surface area contributed by atoms with Crippen LogP contribution in [0.1, 0.15) is 27.8 Å². The zero-order valence-electron chi connectivity index (χ0n) is 35.9. The zero-order chi connectivity index (χ0) is 43.4. The van der Waals surface area contributed by atoms with Crippen LogP contribution in [-0.4, -0.2) is 13.1 Å². The normalized spacial score (nSPS) is 13.8. The van der Waals surface area contributed by atoms with E-state index < -0.39 is 13.5 Å². The number of ether oxygens (including phenoxy) is 2. The van der Waals surface area contributed by atoms with Gasteiger partial charge in [-0.2, -0.15) is 0 Å². The van der Waals surface area contributed by atoms with Crippen molar-refractivity contribution >= 4 is 28.8 Å². The van der Waals surface area contributed by atoms with E-state index in [1.807, 2.05) is 0 Å². The van der Waals surface area contributed by atoms with Crippen molar-refractivity contribution in [3.8, 4) is 56.6 Å². The summed E-state index contributed by atoms with van der Waals surface area (Å²) in [6.07, 6.45) is 0. The smallest absolute Gasteiger partial charge is 0.188 e. The van der Waals surface area contributed by atoms with Gasteiger partial charge in [0.05, 0.1) is 16.8 Å². The minimum atomic E-state index is -2.91. The van der Waals surface area contributed by atoms with Crippen LogP contribution in [0.25, 0.3) is 33.6 Å². The molecule has 308 valence electrons. The highest BCUT2D eigenvalue weighted by Gasteiger charge is 2.49. The lowest BCUT2D eigenvalue weighted by molar-refractivity contribution is 0.436. The van der Waals surface area contributed by atoms with E-state index in [0.29, 0.717) is 0 Å². The largest absolute Gasteiger partial charge is 0.457 e. The van der Waals surface area contributed by atoms with Crippen molar-refractivity contribution < 1.29 is 9.47 Å². The molecule has 3 nitrogen and oxygen atoms in total. The quantitative estimate of drug-likeness (QED) is 0.150. The second kappa shape index (κ2) is 15.6. The van der Waals surface area contributed by atoms with Gasteiger partial charge < -0.3 is 9.47 Å². The van der Waals surface area contributed by atoms with E-state index in [-0.39, 0.29) is 0 Å². The van der Waals surface area contributed by atoms with Gasteiger partial charge in [-0.15, -0.1) is 0 Å². The summed E-state index contributed by atoms with van der Waals surface area (Å²) in [4.78, 5) is 5.70. The first-order chi connectivity index (χ1) is 32.2. The van der Waals surface area contributed by atoms with E-state index in [2.05, 4.69) is 250 Å². The van der Waals surface area contributed by atoms with Crippen molar-refractivity contribution in [3.63, 3.8) is 0 Å². The molecule has 0 spiro atoms. The maximum atomic E-state index is 7.20. The molecule has 0 fully saturated rings. The minimum absolute atomic E-state index is 0.665. The van der Waals surface area contributed by atoms with E-state index in [1.54, 1.807) is 0 Å². The average Bonchev–Trinajstić information content (AvgIpc) is 3.38. The van der Waals surface area contributed by atoms with Crippen LogP contribution < -0.4 is 30.2 Å². The third-order valence-electron chi connectivity index (χ3n) is 13.5. The van der Waals surface area contributed by atoms with Crippen LogP contribution in [0.5, 0.6) is 23.0 Å². The summed E-state index contributed by atoms with van der Waals surface area (Å²) in [5.74, 6) is 3.34. The van der Waals surface area contributed by atoms with Crippen molar-refractivity contribution in [1.29, 1.82) is 0 Å². The monoisotopic (exact) mass is 849 g/mol. The van der Waals surface area contributed by atoms with Gasteiger partial charge in [-0.05, 0) is 91.9 Å². The standard InChI is InChI=1S/C61H43NO2Si/c1-42-22-14-15-31-48(42)43-40-53(49-32-20-35-52-59(49)63-55-36-17-16-34-51(55)61(52,44-23-6-2-7-24-44)45-25-8-3-9-26-45)62-54(41-43)50-33-21-39-58-60(50)64-56-37-18-19-38-57(56)65(58,46-27-10-4-11-28-46)47-29-12-5-13-30-47/h2-41H,1H3. The lowest BCUT2D eigenvalue weighted by atomic mass is 9.63. The molecule has 2 aliphatic heterocycles. The molecule has 0 aliphatic carbocycles. The van der Waals surface area contributed by atoms with Gasteiger partial charge in [-0.1, -0.05) is 206 Å². The van der Waals surface area contributed by atoms with Gasteiger partial charge in [0.2, 0.25) is 0 Å². The summed E-state index contributed by atoms with van der Waals surface area (Å²) in [6.45, 7) is 2.18. The van der Waals surface area contributed by atoms with Gasteiger partial charge in [-0.25, -0.2) is 4.98 Å². The number of benzene rings is 9. The average molecular weight is 850 g/mol. The molecule has 0 unspecified atom stereocenters. The van der Waals surface area contributed by atoms with Gasteiger partial charge in [0.25, 0.3) is 0 Å². The van der Waals surface area contributed by atoms with Crippen LogP contribution in [0.3, 0.4) is 0 Å². The van der Waals surface area contributed by atoms with E-state index >= 15 is 0 Å². The number of aryl methyl sites for hydroxylation is 1. The Morgan fingerprint density at radius 2 is 0.846 bits per heavy atom. The Kier molecular flexibility index (Phi) is 9.29. The number of hydrogen-bond donors (Lipinski definition) is 0. The summed E-state index contributed by atoms with van der Waals surface area (Å²) < 4.78 is 14.4. The van der Waals surface area contributed by atoms with Crippen molar-refractivity contribution in [2.24, 2.45) is 0 Å². The maximum Gasteiger partial charge on any atom is 0.188 e. The molecule has 12 rings (SSSR count). The fraction of sp³-hybridized carbons (Fsp3) is 0.0328. The van der Waals surface area contributed by atoms with Crippen LogP contribution in [-0.2, 0) is 5.41 Å². The van der Waals surface area contributed by atoms with Gasteiger partial charge in [0.15, 0.2) is 8.07 Å². The number of pyridine rings is 1. The van der Waals surface area contributed by atoms with Crippen LogP contribution in [0.15, 0.2) is 243 Å². The molecule has 10 aromatic rings. The molecule has 9 aromatic carbocycles. The van der Waals surface area contributed by atoms with Crippen molar-refractivity contribution in [2.75, 3.05) is 0 Å². The molecule has 1 aromatic heterocycles. The van der Waals surface area contributed by atoms with Crippen LogP contribution in [0.4, 0.5) is 0 Å². The van der Waals surface area contributed by atoms with Crippen molar-refractivity contribution in [3.05, 3.63) is 270 Å². The molecule has 0 N–H and O–H groups in total. The topological polar surface area (TPSA) is 31.4 Å². The predicted molar refractivity (Wildman–Crippen MR) is 267 cm³/mol. The van der Waals surface area contributed by atoms with Gasteiger partial charge >= 0.3 is 0 Å². The Hall–Kier alpha value is -8.05. The maximum absolute atomic E-state index is 7.20. The van der Waals surface area contributed by atoms with Crippen molar-refractivity contribution in [2.45, 2.75) is 12.3 Å². The summed E-state index contributed by atoms with van der Waals surface area (Å²) in [5.41, 5.74) is 10.7. The Morgan fingerprint density at radius 3 is 1.49 bits per heavy atom. The molecule has 0 saturated carbocycles. The van der Waals surface area contributed by atoms with E-state index in [4.69, 9.17) is 14.5 Å². The highest BCUT2D eigenvalue weighted by Crippen LogP contribution is 2.57. The Balaban J connectivity index is 1.14. The second-order valence-corrected chi connectivity index (χ2v) is 20.7. The first-order valence-electron chi connectivity index (χ1n) is 22.3. The number of nitrogens with zero attached hydrogens (tertiary/aromatic N) is 1. The summed E-state index contributed by atoms with van der Waals surface area (Å²) in [5, 5.41) is 5.04. The molecule has 4 heteroatoms. The number of para-hydroxylation sites is 4. The lowest BCUT2D eigenvalue weighted by Gasteiger charge is -2.42. The summed E-state index contributed by atoms with van der Waals surface area (Å²) in [6, 6.07) is 87.2. The molecule has 0 amide bonds. The fourth-order valence-electron chi connectivity index (χ4n) is 10.7. The van der Waals surface area contributed by atoms with Crippen LogP contribution in [0, 0.1) is 6.92 Å². The Morgan fingerprint density at radius 1 is 0.385 bits per heavy atom. The highest BCUT2D eigenvalue weighted by molar-refractivity contribution is 7.20. The lowest BCUT2D eigenvalue weighted by Crippen LogP contribution is -2.76. The van der Waals surface area contributed by atoms with Gasteiger partial charge in [-0.3, -0.25) is 0 Å². The van der Waals surface area contributed by atoms with Crippen LogP contribution >= 0.6 is 0 Å². The number of rotatable bonds is 7. The number of hydrogen-bond acceptors (Lipinski definition) is 3. The Bertz CT molecular complexity index is 3110. The first-order valence-corrected chi connectivity index (χ1v) is 24.3. The first kappa shape index (κ1) is 38.6. The van der Waals surface area contributed by atoms with Gasteiger partial charge in [0, 0.05) is 22.3 Å². The Labute approximate surface area is 380 Å². The molecule has 0 saturated heterocycles. The number of aromatic nitrogens is 1. The third kappa shape index (κ3) is 5.98. The van der Waals surface area contributed by atoms with E-state index in [9.17, 15) is 0 Å². The second-order valence-electron chi connectivity index (χ2n) is 17.0. The predicted octanol–water partition coefficient (Wildman–Crippen LogP) is 12.4. The molecule has 0 atom stereocenters. The molecule has 65 heavy (non-hydrogen) atoms. The SMILES string of the molecule is Cc1ccccc1-c1cc(-c2cccc3c2Oc2ccccc2C3(c2ccccc2)c2ccccc2)nc(-c2cccc3c2Oc2ccccc2[Si]3(c2ccccc2)c2ccccc2)c1. The molecular formula is C61H43NO2Si. The minimum Gasteiger partial charge on any atom is -0.457 e. The molecule has 0 radical (unpaired) electrons. The molecule has 0 bridgehead atoms. The van der Waals surface area contributed by atoms with Crippen molar-refractivity contribution in [1.82, 2.24) is 4.98 Å². The fourth-order valence-corrected chi connectivity index (χ4v) is 15.7. The van der Waals surface area contributed by atoms with E-state index in [1.165, 1.54) is 37.4 Å². The molecular weight excluding hydrogens is 807 g/mol. The van der Waals surface area contributed by atoms with Gasteiger partial charge in [0.1, 0.15) is 23.0 Å². The molecule has 3 heterocycles.